The van der Waals surface area contributed by atoms with E-state index in [1.807, 2.05) is 39.0 Å². The molecule has 0 aliphatic carbocycles. The third-order valence-corrected chi connectivity index (χ3v) is 4.02. The zero-order valence-electron chi connectivity index (χ0n) is 17.8. The van der Waals surface area contributed by atoms with Gasteiger partial charge in [-0.2, -0.15) is 0 Å². The molecule has 1 rings (SSSR count). The first kappa shape index (κ1) is 22.6. The molecule has 1 aromatic carbocycles. The van der Waals surface area contributed by atoms with Crippen LogP contribution in [-0.2, 0) is 10.2 Å². The molecule has 7 nitrogen and oxygen atoms in total. The molecule has 0 heterocycles. The van der Waals surface area contributed by atoms with Crippen LogP contribution in [0.5, 0.6) is 11.5 Å². The van der Waals surface area contributed by atoms with Crippen LogP contribution in [0.1, 0.15) is 40.2 Å². The number of carbonyl (C=O) groups is 1. The third-order valence-electron chi connectivity index (χ3n) is 4.02. The second kappa shape index (κ2) is 9.48. The van der Waals surface area contributed by atoms with Gasteiger partial charge in [0.05, 0.1) is 20.8 Å². The van der Waals surface area contributed by atoms with E-state index < -0.39 is 0 Å². The topological polar surface area (TPSA) is 84.0 Å². The van der Waals surface area contributed by atoms with E-state index in [2.05, 4.69) is 34.8 Å². The van der Waals surface area contributed by atoms with E-state index in [0.717, 1.165) is 5.56 Å². The quantitative estimate of drug-likeness (QED) is 0.500. The molecule has 1 amide bonds. The molecule has 152 valence electrons. The lowest BCUT2D eigenvalue weighted by molar-refractivity contribution is -0.121. The van der Waals surface area contributed by atoms with E-state index in [-0.39, 0.29) is 23.4 Å². The van der Waals surface area contributed by atoms with Crippen LogP contribution in [0.4, 0.5) is 0 Å². The molecule has 0 fully saturated rings. The molecule has 27 heavy (non-hydrogen) atoms. The molecule has 1 aromatic rings. The van der Waals surface area contributed by atoms with E-state index in [1.165, 1.54) is 0 Å². The van der Waals surface area contributed by atoms with E-state index >= 15 is 0 Å². The number of hydrogen-bond donors (Lipinski definition) is 3. The van der Waals surface area contributed by atoms with Gasteiger partial charge in [-0.05, 0) is 38.5 Å². The fraction of sp³-hybridized carbons (Fsp3) is 0.600. The van der Waals surface area contributed by atoms with Crippen molar-refractivity contribution in [2.75, 3.05) is 34.4 Å². The van der Waals surface area contributed by atoms with Crippen LogP contribution in [-0.4, -0.2) is 51.8 Å². The van der Waals surface area contributed by atoms with Gasteiger partial charge in [0, 0.05) is 24.5 Å². The van der Waals surface area contributed by atoms with E-state index in [9.17, 15) is 4.79 Å². The van der Waals surface area contributed by atoms with Crippen molar-refractivity contribution >= 4 is 11.9 Å². The monoisotopic (exact) mass is 378 g/mol. The molecule has 7 heteroatoms. The largest absolute Gasteiger partial charge is 0.493 e. The van der Waals surface area contributed by atoms with Gasteiger partial charge in [-0.1, -0.05) is 19.9 Å². The van der Waals surface area contributed by atoms with Gasteiger partial charge in [0.1, 0.15) is 0 Å². The number of amides is 1. The first-order valence-corrected chi connectivity index (χ1v) is 9.00. The van der Waals surface area contributed by atoms with Gasteiger partial charge in [0.25, 0.3) is 0 Å². The highest BCUT2D eigenvalue weighted by molar-refractivity contribution is 5.86. The second-order valence-corrected chi connectivity index (χ2v) is 8.03. The molecule has 0 aliphatic heterocycles. The molecule has 0 atom stereocenters. The van der Waals surface area contributed by atoms with Crippen molar-refractivity contribution in [3.05, 3.63) is 23.8 Å². The number of rotatable bonds is 7. The van der Waals surface area contributed by atoms with Crippen molar-refractivity contribution in [1.29, 1.82) is 0 Å². The van der Waals surface area contributed by atoms with Gasteiger partial charge in [0.2, 0.25) is 5.91 Å². The number of nitrogens with zero attached hydrogens (tertiary/aromatic N) is 1. The van der Waals surface area contributed by atoms with Crippen molar-refractivity contribution in [2.24, 2.45) is 4.99 Å². The first-order chi connectivity index (χ1) is 12.5. The fourth-order valence-corrected chi connectivity index (χ4v) is 2.51. The zero-order valence-corrected chi connectivity index (χ0v) is 17.8. The fourth-order valence-electron chi connectivity index (χ4n) is 2.51. The Kier molecular flexibility index (Phi) is 7.94. The summed E-state index contributed by atoms with van der Waals surface area (Å²) >= 11 is 0. The molecule has 3 N–H and O–H groups in total. The van der Waals surface area contributed by atoms with Gasteiger partial charge < -0.3 is 25.4 Å². The maximum atomic E-state index is 12.0. The summed E-state index contributed by atoms with van der Waals surface area (Å²) in [6, 6.07) is 5.91. The lowest BCUT2D eigenvalue weighted by Crippen LogP contribution is -2.49. The maximum Gasteiger partial charge on any atom is 0.239 e. The van der Waals surface area contributed by atoms with Crippen molar-refractivity contribution in [2.45, 2.75) is 45.6 Å². The first-order valence-electron chi connectivity index (χ1n) is 9.00. The highest BCUT2D eigenvalue weighted by Crippen LogP contribution is 2.32. The second-order valence-electron chi connectivity index (χ2n) is 8.03. The van der Waals surface area contributed by atoms with Crippen LogP contribution in [0.3, 0.4) is 0 Å². The molecular weight excluding hydrogens is 344 g/mol. The van der Waals surface area contributed by atoms with Crippen LogP contribution in [0.2, 0.25) is 0 Å². The van der Waals surface area contributed by atoms with Crippen molar-refractivity contribution < 1.29 is 14.3 Å². The van der Waals surface area contributed by atoms with Crippen LogP contribution < -0.4 is 25.4 Å². The van der Waals surface area contributed by atoms with Gasteiger partial charge in [0.15, 0.2) is 17.5 Å². The minimum Gasteiger partial charge on any atom is -0.493 e. The summed E-state index contributed by atoms with van der Waals surface area (Å²) < 4.78 is 10.7. The number of aliphatic imine (C=N–C) groups is 1. The number of ether oxygens (including phenoxy) is 2. The Hall–Kier alpha value is -2.44. The Morgan fingerprint density at radius 2 is 1.67 bits per heavy atom. The van der Waals surface area contributed by atoms with Gasteiger partial charge in [-0.15, -0.1) is 0 Å². The maximum absolute atomic E-state index is 12.0. The average molecular weight is 379 g/mol. The standard InChI is InChI=1S/C20H34N4O3/c1-19(2,3)24-17(25)12-22-18(21-6)23-13-20(4,5)14-9-10-15(26-7)16(11-14)27-8/h9-11H,12-13H2,1-8H3,(H,24,25)(H2,21,22,23). The van der Waals surface area contributed by atoms with Crippen molar-refractivity contribution in [1.82, 2.24) is 16.0 Å². The Labute approximate surface area is 162 Å². The lowest BCUT2D eigenvalue weighted by atomic mass is 9.84. The summed E-state index contributed by atoms with van der Waals surface area (Å²) in [5.74, 6) is 1.90. The van der Waals surface area contributed by atoms with Gasteiger partial charge >= 0.3 is 0 Å². The highest BCUT2D eigenvalue weighted by Gasteiger charge is 2.23. The summed E-state index contributed by atoms with van der Waals surface area (Å²) in [7, 11) is 4.93. The van der Waals surface area contributed by atoms with Crippen LogP contribution in [0, 0.1) is 0 Å². The average Bonchev–Trinajstić information content (AvgIpc) is 2.59. The Morgan fingerprint density at radius 1 is 1.04 bits per heavy atom. The molecule has 0 spiro atoms. The Bertz CT molecular complexity index is 664. The van der Waals surface area contributed by atoms with Crippen molar-refractivity contribution in [3.63, 3.8) is 0 Å². The number of nitrogens with one attached hydrogen (secondary N) is 3. The summed E-state index contributed by atoms with van der Waals surface area (Å²) in [5.41, 5.74) is 0.657. The minimum absolute atomic E-state index is 0.0791. The number of methoxy groups -OCH3 is 2. The normalized spacial score (nSPS) is 12.4. The van der Waals surface area contributed by atoms with Crippen LogP contribution in [0.15, 0.2) is 23.2 Å². The molecular formula is C20H34N4O3. The molecule has 0 radical (unpaired) electrons. The molecule has 0 aliphatic rings. The number of benzene rings is 1. The van der Waals surface area contributed by atoms with E-state index in [4.69, 9.17) is 9.47 Å². The van der Waals surface area contributed by atoms with Crippen molar-refractivity contribution in [3.8, 4) is 11.5 Å². The summed E-state index contributed by atoms with van der Waals surface area (Å²) in [6.45, 7) is 10.9. The lowest BCUT2D eigenvalue weighted by Gasteiger charge is -2.27. The smallest absolute Gasteiger partial charge is 0.239 e. The Morgan fingerprint density at radius 3 is 2.19 bits per heavy atom. The third kappa shape index (κ3) is 7.37. The minimum atomic E-state index is -0.259. The highest BCUT2D eigenvalue weighted by atomic mass is 16.5. The van der Waals surface area contributed by atoms with Crippen LogP contribution in [0.25, 0.3) is 0 Å². The number of hydrogen-bond acceptors (Lipinski definition) is 4. The summed E-state index contributed by atoms with van der Waals surface area (Å²) in [4.78, 5) is 16.1. The molecule has 0 bridgehead atoms. The summed E-state index contributed by atoms with van der Waals surface area (Å²) in [6.07, 6.45) is 0. The Balaban J connectivity index is 2.69. The predicted octanol–water partition coefficient (Wildman–Crippen LogP) is 2.06. The van der Waals surface area contributed by atoms with Gasteiger partial charge in [-0.3, -0.25) is 9.79 Å². The molecule has 0 saturated heterocycles. The van der Waals surface area contributed by atoms with E-state index in [1.54, 1.807) is 21.3 Å². The summed E-state index contributed by atoms with van der Waals surface area (Å²) in [5, 5.41) is 9.23. The zero-order chi connectivity index (χ0) is 20.7. The van der Waals surface area contributed by atoms with Gasteiger partial charge in [-0.25, -0.2) is 0 Å². The molecule has 0 saturated carbocycles. The number of guanidine groups is 1. The SMILES string of the molecule is CN=C(NCC(=O)NC(C)(C)C)NCC(C)(C)c1ccc(OC)c(OC)c1. The molecule has 0 unspecified atom stereocenters. The van der Waals surface area contributed by atoms with E-state index in [0.29, 0.717) is 24.0 Å². The predicted molar refractivity (Wildman–Crippen MR) is 110 cm³/mol. The van der Waals surface area contributed by atoms with Crippen LogP contribution >= 0.6 is 0 Å². The molecule has 0 aromatic heterocycles. The number of carbonyl (C=O) groups excluding carboxylic acids is 1.